The Labute approximate surface area is 185 Å². The molecule has 30 heavy (non-hydrogen) atoms. The molecule has 0 spiro atoms. The van der Waals surface area contributed by atoms with Crippen LogP contribution in [0.25, 0.3) is 0 Å². The number of hydrogen-bond donors (Lipinski definition) is 1. The summed E-state index contributed by atoms with van der Waals surface area (Å²) in [5.74, 6) is -0.422. The molecule has 0 atom stereocenters. The second kappa shape index (κ2) is 9.02. The van der Waals surface area contributed by atoms with Gasteiger partial charge in [-0.2, -0.15) is 0 Å². The summed E-state index contributed by atoms with van der Waals surface area (Å²) < 4.78 is 28.6. The number of hydrogen-bond acceptors (Lipinski definition) is 3. The van der Waals surface area contributed by atoms with E-state index in [1.165, 1.54) is 0 Å². The average Bonchev–Trinajstić information content (AvgIpc) is 2.69. The molecule has 0 aliphatic heterocycles. The molecule has 0 fully saturated rings. The maximum Gasteiger partial charge on any atom is 0.264 e. The van der Waals surface area contributed by atoms with Gasteiger partial charge in [-0.25, -0.2) is 8.42 Å². The molecule has 7 heteroatoms. The molecule has 1 amide bonds. The molecule has 0 radical (unpaired) electrons. The molecule has 0 aromatic heterocycles. The summed E-state index contributed by atoms with van der Waals surface area (Å²) in [5, 5.41) is 2.80. The van der Waals surface area contributed by atoms with Crippen LogP contribution in [-0.4, -0.2) is 20.9 Å². The highest BCUT2D eigenvalue weighted by Gasteiger charge is 2.27. The van der Waals surface area contributed by atoms with Crippen LogP contribution in [0.1, 0.15) is 16.7 Å². The van der Waals surface area contributed by atoms with Crippen LogP contribution in [0, 0.1) is 20.8 Å². The summed E-state index contributed by atoms with van der Waals surface area (Å²) in [7, 11) is -3.94. The first kappa shape index (κ1) is 22.1. The van der Waals surface area contributed by atoms with E-state index in [0.29, 0.717) is 11.4 Å². The van der Waals surface area contributed by atoms with Gasteiger partial charge in [-0.15, -0.1) is 0 Å². The van der Waals surface area contributed by atoms with Crippen molar-refractivity contribution >= 4 is 43.2 Å². The molecule has 0 aliphatic carbocycles. The lowest BCUT2D eigenvalue weighted by atomic mass is 10.1. The lowest BCUT2D eigenvalue weighted by molar-refractivity contribution is -0.114. The minimum atomic E-state index is -3.94. The molecule has 1 N–H and O–H groups in total. The standard InChI is InChI=1S/C23H23BrN2O3S/c1-16-7-11-22(12-8-16)30(28,29)26(21-6-4-5-19(24)14-21)15-23(27)25-20-10-9-17(2)18(3)13-20/h4-14H,15H2,1-3H3,(H,25,27). The van der Waals surface area contributed by atoms with Crippen LogP contribution >= 0.6 is 15.9 Å². The van der Waals surface area contributed by atoms with Crippen molar-refractivity contribution in [3.63, 3.8) is 0 Å². The highest BCUT2D eigenvalue weighted by atomic mass is 79.9. The van der Waals surface area contributed by atoms with Gasteiger partial charge in [0, 0.05) is 10.2 Å². The fourth-order valence-corrected chi connectivity index (χ4v) is 4.73. The SMILES string of the molecule is Cc1ccc(S(=O)(=O)N(CC(=O)Nc2ccc(C)c(C)c2)c2cccc(Br)c2)cc1. The minimum absolute atomic E-state index is 0.132. The van der Waals surface area contributed by atoms with Crippen LogP contribution in [0.15, 0.2) is 76.1 Å². The van der Waals surface area contributed by atoms with Crippen LogP contribution < -0.4 is 9.62 Å². The number of halogens is 1. The van der Waals surface area contributed by atoms with Gasteiger partial charge in [0.25, 0.3) is 10.0 Å². The smallest absolute Gasteiger partial charge is 0.264 e. The Morgan fingerprint density at radius 2 is 1.63 bits per heavy atom. The molecule has 5 nitrogen and oxygen atoms in total. The highest BCUT2D eigenvalue weighted by Crippen LogP contribution is 2.26. The van der Waals surface area contributed by atoms with Gasteiger partial charge in [0.15, 0.2) is 0 Å². The number of aryl methyl sites for hydroxylation is 3. The van der Waals surface area contributed by atoms with Gasteiger partial charge in [0.2, 0.25) is 5.91 Å². The molecule has 3 aromatic carbocycles. The quantitative estimate of drug-likeness (QED) is 0.519. The predicted molar refractivity (Wildman–Crippen MR) is 124 cm³/mol. The minimum Gasteiger partial charge on any atom is -0.325 e. The number of benzene rings is 3. The number of amides is 1. The zero-order valence-electron chi connectivity index (χ0n) is 17.0. The molecular formula is C23H23BrN2O3S. The summed E-state index contributed by atoms with van der Waals surface area (Å²) >= 11 is 3.38. The largest absolute Gasteiger partial charge is 0.325 e. The maximum absolute atomic E-state index is 13.4. The second-order valence-electron chi connectivity index (χ2n) is 7.15. The number of carbonyl (C=O) groups is 1. The van der Waals surface area contributed by atoms with Crippen molar-refractivity contribution in [3.05, 3.63) is 87.9 Å². The molecule has 0 saturated carbocycles. The average molecular weight is 487 g/mol. The Balaban J connectivity index is 1.94. The van der Waals surface area contributed by atoms with Gasteiger partial charge in [-0.3, -0.25) is 9.10 Å². The van der Waals surface area contributed by atoms with E-state index in [1.54, 1.807) is 54.6 Å². The number of anilines is 2. The van der Waals surface area contributed by atoms with Crippen LogP contribution in [0.4, 0.5) is 11.4 Å². The normalized spacial score (nSPS) is 11.2. The van der Waals surface area contributed by atoms with Gasteiger partial charge in [-0.1, -0.05) is 45.8 Å². The summed E-state index contributed by atoms with van der Waals surface area (Å²) in [6.45, 7) is 5.49. The van der Waals surface area contributed by atoms with E-state index in [9.17, 15) is 13.2 Å². The summed E-state index contributed by atoms with van der Waals surface area (Å²) in [4.78, 5) is 12.9. The highest BCUT2D eigenvalue weighted by molar-refractivity contribution is 9.10. The van der Waals surface area contributed by atoms with E-state index in [0.717, 1.165) is 25.5 Å². The topological polar surface area (TPSA) is 66.5 Å². The van der Waals surface area contributed by atoms with E-state index >= 15 is 0 Å². The molecule has 156 valence electrons. The van der Waals surface area contributed by atoms with Gasteiger partial charge in [-0.05, 0) is 74.4 Å². The zero-order chi connectivity index (χ0) is 21.9. The Hall–Kier alpha value is -2.64. The van der Waals surface area contributed by atoms with Crippen LogP contribution in [0.5, 0.6) is 0 Å². The first-order valence-corrected chi connectivity index (χ1v) is 11.6. The van der Waals surface area contributed by atoms with Gasteiger partial charge >= 0.3 is 0 Å². The van der Waals surface area contributed by atoms with Crippen molar-refractivity contribution in [1.29, 1.82) is 0 Å². The van der Waals surface area contributed by atoms with E-state index in [-0.39, 0.29) is 11.4 Å². The first-order chi connectivity index (χ1) is 14.2. The van der Waals surface area contributed by atoms with Crippen molar-refractivity contribution in [2.24, 2.45) is 0 Å². The first-order valence-electron chi connectivity index (χ1n) is 9.39. The van der Waals surface area contributed by atoms with E-state index in [1.807, 2.05) is 32.9 Å². The number of carbonyl (C=O) groups excluding carboxylic acids is 1. The van der Waals surface area contributed by atoms with Gasteiger partial charge < -0.3 is 5.32 Å². The molecular weight excluding hydrogens is 464 g/mol. The summed E-state index contributed by atoms with van der Waals surface area (Å²) in [6, 6.07) is 19.0. The molecule has 0 saturated heterocycles. The van der Waals surface area contributed by atoms with Gasteiger partial charge in [0.05, 0.1) is 10.6 Å². The molecule has 3 aromatic rings. The van der Waals surface area contributed by atoms with Crippen molar-refractivity contribution in [2.45, 2.75) is 25.7 Å². The number of rotatable bonds is 6. The lowest BCUT2D eigenvalue weighted by Gasteiger charge is -2.24. The fourth-order valence-electron chi connectivity index (χ4n) is 2.93. The van der Waals surface area contributed by atoms with E-state index < -0.39 is 15.9 Å². The third-order valence-corrected chi connectivity index (χ3v) is 7.06. The fraction of sp³-hybridized carbons (Fsp3) is 0.174. The number of nitrogens with zero attached hydrogens (tertiary/aromatic N) is 1. The van der Waals surface area contributed by atoms with E-state index in [4.69, 9.17) is 0 Å². The molecule has 0 bridgehead atoms. The maximum atomic E-state index is 13.4. The third-order valence-electron chi connectivity index (χ3n) is 4.78. The Morgan fingerprint density at radius 3 is 2.27 bits per heavy atom. The molecule has 3 rings (SSSR count). The number of sulfonamides is 1. The monoisotopic (exact) mass is 486 g/mol. The molecule has 0 heterocycles. The Bertz CT molecular complexity index is 1180. The summed E-state index contributed by atoms with van der Waals surface area (Å²) in [5.41, 5.74) is 4.15. The molecule has 0 aliphatic rings. The Morgan fingerprint density at radius 1 is 0.933 bits per heavy atom. The second-order valence-corrected chi connectivity index (χ2v) is 9.93. The summed E-state index contributed by atoms with van der Waals surface area (Å²) in [6.07, 6.45) is 0. The molecule has 0 unspecified atom stereocenters. The van der Waals surface area contributed by atoms with Crippen molar-refractivity contribution in [1.82, 2.24) is 0 Å². The third kappa shape index (κ3) is 5.09. The van der Waals surface area contributed by atoms with Crippen LogP contribution in [0.3, 0.4) is 0 Å². The Kier molecular flexibility index (Phi) is 6.63. The predicted octanol–water partition coefficient (Wildman–Crippen LogP) is 5.21. The van der Waals surface area contributed by atoms with Gasteiger partial charge in [0.1, 0.15) is 6.54 Å². The van der Waals surface area contributed by atoms with E-state index in [2.05, 4.69) is 21.2 Å². The zero-order valence-corrected chi connectivity index (χ0v) is 19.4. The number of nitrogens with one attached hydrogen (secondary N) is 1. The lowest BCUT2D eigenvalue weighted by Crippen LogP contribution is -2.38. The van der Waals surface area contributed by atoms with Crippen molar-refractivity contribution in [2.75, 3.05) is 16.2 Å². The van der Waals surface area contributed by atoms with Crippen molar-refractivity contribution in [3.8, 4) is 0 Å². The van der Waals surface area contributed by atoms with Crippen LogP contribution in [-0.2, 0) is 14.8 Å². The van der Waals surface area contributed by atoms with Crippen molar-refractivity contribution < 1.29 is 13.2 Å². The van der Waals surface area contributed by atoms with Crippen LogP contribution in [0.2, 0.25) is 0 Å².